The molecule has 134 valence electrons. The summed E-state index contributed by atoms with van der Waals surface area (Å²) in [5, 5.41) is 7.89. The number of benzene rings is 1. The van der Waals surface area contributed by atoms with Crippen LogP contribution in [0.5, 0.6) is 0 Å². The fraction of sp³-hybridized carbons (Fsp3) is 0.300. The van der Waals surface area contributed by atoms with Crippen molar-refractivity contribution in [2.45, 2.75) is 6.04 Å². The maximum absolute atomic E-state index is 13.4. The zero-order valence-electron chi connectivity index (χ0n) is 15.0. The molecule has 0 saturated carbocycles. The van der Waals surface area contributed by atoms with Gasteiger partial charge >= 0.3 is 0 Å². The first-order valence-electron chi connectivity index (χ1n) is 8.77. The van der Waals surface area contributed by atoms with Crippen molar-refractivity contribution < 1.29 is 4.39 Å². The molecule has 0 aliphatic carbocycles. The first kappa shape index (κ1) is 16.9. The van der Waals surface area contributed by atoms with Crippen LogP contribution in [0, 0.1) is 5.82 Å². The Morgan fingerprint density at radius 2 is 1.73 bits per heavy atom. The standard InChI is InChI=1S/C20H22FN5/c1-25-11-12-26(2)17(13-25)20-18(14-7-9-22-10-8-14)19(23-24-20)15-3-5-16(21)6-4-15/h3-10,17H,11-13H2,1-2H3,(H,23,24). The number of H-pyrrole nitrogens is 1. The average Bonchev–Trinajstić information content (AvgIpc) is 3.10. The minimum Gasteiger partial charge on any atom is -0.303 e. The van der Waals surface area contributed by atoms with Gasteiger partial charge in [0.25, 0.3) is 0 Å². The lowest BCUT2D eigenvalue weighted by atomic mass is 9.95. The summed E-state index contributed by atoms with van der Waals surface area (Å²) < 4.78 is 13.4. The molecule has 1 atom stereocenters. The second-order valence-electron chi connectivity index (χ2n) is 6.86. The molecule has 4 rings (SSSR count). The van der Waals surface area contributed by atoms with Gasteiger partial charge in [-0.1, -0.05) is 0 Å². The molecule has 6 heteroatoms. The molecule has 1 saturated heterocycles. The van der Waals surface area contributed by atoms with Crippen LogP contribution in [0.2, 0.25) is 0 Å². The number of aromatic nitrogens is 3. The zero-order chi connectivity index (χ0) is 18.1. The van der Waals surface area contributed by atoms with Crippen LogP contribution in [-0.2, 0) is 0 Å². The number of aromatic amines is 1. The zero-order valence-corrected chi connectivity index (χ0v) is 15.0. The molecule has 2 aromatic heterocycles. The lowest BCUT2D eigenvalue weighted by molar-refractivity contribution is 0.113. The van der Waals surface area contributed by atoms with Crippen molar-refractivity contribution in [1.82, 2.24) is 25.0 Å². The minimum atomic E-state index is -0.247. The average molecular weight is 351 g/mol. The molecule has 1 unspecified atom stereocenters. The summed E-state index contributed by atoms with van der Waals surface area (Å²) >= 11 is 0. The SMILES string of the molecule is CN1CCN(C)C(c2[nH]nc(-c3ccc(F)cc3)c2-c2ccncc2)C1. The van der Waals surface area contributed by atoms with Gasteiger partial charge in [-0.05, 0) is 56.1 Å². The lowest BCUT2D eigenvalue weighted by Crippen LogP contribution is -2.45. The van der Waals surface area contributed by atoms with Crippen LogP contribution >= 0.6 is 0 Å². The minimum absolute atomic E-state index is 0.221. The Bertz CT molecular complexity index is 875. The number of pyridine rings is 1. The van der Waals surface area contributed by atoms with E-state index in [2.05, 4.69) is 39.1 Å². The third-order valence-electron chi connectivity index (χ3n) is 5.07. The van der Waals surface area contributed by atoms with Gasteiger partial charge in [0.15, 0.2) is 0 Å². The normalized spacial score (nSPS) is 19.0. The number of nitrogens with zero attached hydrogens (tertiary/aromatic N) is 4. The van der Waals surface area contributed by atoms with Crippen molar-refractivity contribution >= 4 is 0 Å². The maximum Gasteiger partial charge on any atom is 0.123 e. The summed E-state index contributed by atoms with van der Waals surface area (Å²) in [6, 6.07) is 10.7. The van der Waals surface area contributed by atoms with E-state index in [0.717, 1.165) is 47.7 Å². The Kier molecular flexibility index (Phi) is 4.53. The molecule has 0 spiro atoms. The molecular formula is C20H22FN5. The molecule has 1 N–H and O–H groups in total. The highest BCUT2D eigenvalue weighted by Gasteiger charge is 2.29. The second kappa shape index (κ2) is 6.97. The van der Waals surface area contributed by atoms with E-state index < -0.39 is 0 Å². The van der Waals surface area contributed by atoms with E-state index in [9.17, 15) is 4.39 Å². The number of rotatable bonds is 3. The van der Waals surface area contributed by atoms with Gasteiger partial charge < -0.3 is 4.90 Å². The van der Waals surface area contributed by atoms with Crippen molar-refractivity contribution in [1.29, 1.82) is 0 Å². The smallest absolute Gasteiger partial charge is 0.123 e. The molecule has 5 nitrogen and oxygen atoms in total. The second-order valence-corrected chi connectivity index (χ2v) is 6.86. The molecule has 3 aromatic rings. The first-order chi connectivity index (χ1) is 12.6. The predicted molar refractivity (Wildman–Crippen MR) is 100 cm³/mol. The van der Waals surface area contributed by atoms with E-state index >= 15 is 0 Å². The van der Waals surface area contributed by atoms with Crippen LogP contribution in [-0.4, -0.2) is 58.7 Å². The molecule has 26 heavy (non-hydrogen) atoms. The van der Waals surface area contributed by atoms with Gasteiger partial charge in [0.1, 0.15) is 11.5 Å². The first-order valence-corrected chi connectivity index (χ1v) is 8.77. The van der Waals surface area contributed by atoms with Crippen molar-refractivity contribution in [3.05, 3.63) is 60.3 Å². The number of halogens is 1. The third-order valence-corrected chi connectivity index (χ3v) is 5.07. The molecule has 1 aliphatic rings. The highest BCUT2D eigenvalue weighted by atomic mass is 19.1. The number of hydrogen-bond donors (Lipinski definition) is 1. The van der Waals surface area contributed by atoms with Gasteiger partial charge in [0.05, 0.1) is 11.7 Å². The predicted octanol–water partition coefficient (Wildman–Crippen LogP) is 3.20. The van der Waals surface area contributed by atoms with E-state index in [1.54, 1.807) is 24.5 Å². The number of likely N-dealkylation sites (N-methyl/N-ethyl adjacent to an activating group) is 2. The maximum atomic E-state index is 13.4. The van der Waals surface area contributed by atoms with Crippen LogP contribution in [0.4, 0.5) is 4.39 Å². The Morgan fingerprint density at radius 1 is 1.00 bits per heavy atom. The van der Waals surface area contributed by atoms with Gasteiger partial charge in [0, 0.05) is 43.2 Å². The Balaban J connectivity index is 1.86. The van der Waals surface area contributed by atoms with Gasteiger partial charge in [-0.2, -0.15) is 5.10 Å². The summed E-state index contributed by atoms with van der Waals surface area (Å²) in [6.07, 6.45) is 3.58. The number of nitrogens with one attached hydrogen (secondary N) is 1. The lowest BCUT2D eigenvalue weighted by Gasteiger charge is -2.37. The fourth-order valence-corrected chi connectivity index (χ4v) is 3.55. The molecule has 1 aromatic carbocycles. The summed E-state index contributed by atoms with van der Waals surface area (Å²) in [5.41, 5.74) is 4.95. The fourth-order valence-electron chi connectivity index (χ4n) is 3.55. The Hall–Kier alpha value is -2.57. The van der Waals surface area contributed by atoms with Crippen molar-refractivity contribution in [2.75, 3.05) is 33.7 Å². The van der Waals surface area contributed by atoms with E-state index in [0.29, 0.717) is 0 Å². The number of hydrogen-bond acceptors (Lipinski definition) is 4. The monoisotopic (exact) mass is 351 g/mol. The summed E-state index contributed by atoms with van der Waals surface area (Å²) in [4.78, 5) is 8.83. The van der Waals surface area contributed by atoms with Gasteiger partial charge in [-0.25, -0.2) is 4.39 Å². The Labute approximate surface area is 152 Å². The van der Waals surface area contributed by atoms with Gasteiger partial charge in [-0.15, -0.1) is 0 Å². The topological polar surface area (TPSA) is 48.0 Å². The highest BCUT2D eigenvalue weighted by molar-refractivity contribution is 5.82. The summed E-state index contributed by atoms with van der Waals surface area (Å²) in [7, 11) is 4.29. The van der Waals surface area contributed by atoms with Crippen LogP contribution < -0.4 is 0 Å². The van der Waals surface area contributed by atoms with Gasteiger partial charge in [0.2, 0.25) is 0 Å². The van der Waals surface area contributed by atoms with Crippen LogP contribution in [0.15, 0.2) is 48.8 Å². The molecule has 1 fully saturated rings. The summed E-state index contributed by atoms with van der Waals surface area (Å²) in [6.45, 7) is 2.98. The van der Waals surface area contributed by atoms with Gasteiger partial charge in [-0.3, -0.25) is 15.0 Å². The third kappa shape index (κ3) is 3.13. The molecular weight excluding hydrogens is 329 g/mol. The van der Waals surface area contributed by atoms with Crippen molar-refractivity contribution in [3.8, 4) is 22.4 Å². The largest absolute Gasteiger partial charge is 0.303 e. The Morgan fingerprint density at radius 3 is 2.46 bits per heavy atom. The van der Waals surface area contributed by atoms with Crippen LogP contribution in [0.1, 0.15) is 11.7 Å². The van der Waals surface area contributed by atoms with E-state index in [1.807, 2.05) is 12.1 Å². The summed E-state index contributed by atoms with van der Waals surface area (Å²) in [5.74, 6) is -0.247. The van der Waals surface area contributed by atoms with Crippen molar-refractivity contribution in [2.24, 2.45) is 0 Å². The quantitative estimate of drug-likeness (QED) is 0.787. The number of piperazine rings is 1. The molecule has 0 radical (unpaired) electrons. The molecule has 3 heterocycles. The van der Waals surface area contributed by atoms with E-state index in [1.165, 1.54) is 12.1 Å². The van der Waals surface area contributed by atoms with E-state index in [-0.39, 0.29) is 11.9 Å². The van der Waals surface area contributed by atoms with Crippen LogP contribution in [0.25, 0.3) is 22.4 Å². The molecule has 1 aliphatic heterocycles. The molecule has 0 amide bonds. The van der Waals surface area contributed by atoms with E-state index in [4.69, 9.17) is 0 Å². The van der Waals surface area contributed by atoms with Crippen LogP contribution in [0.3, 0.4) is 0 Å². The highest BCUT2D eigenvalue weighted by Crippen LogP contribution is 2.38. The van der Waals surface area contributed by atoms with Crippen molar-refractivity contribution in [3.63, 3.8) is 0 Å². The molecule has 0 bridgehead atoms.